The molecule has 1 fully saturated rings. The summed E-state index contributed by atoms with van der Waals surface area (Å²) in [5, 5.41) is 59.8. The molecule has 3 aromatic rings. The van der Waals surface area contributed by atoms with E-state index in [0.29, 0.717) is 16.9 Å². The Bertz CT molecular complexity index is 1050. The van der Waals surface area contributed by atoms with E-state index in [2.05, 4.69) is 0 Å². The second-order valence-corrected chi connectivity index (χ2v) is 7.02. The number of hydrogen-bond acceptors (Lipinski definition) is 8. The Kier molecular flexibility index (Phi) is 5.46. The van der Waals surface area contributed by atoms with Crippen molar-refractivity contribution in [2.75, 3.05) is 6.61 Å². The van der Waals surface area contributed by atoms with Crippen LogP contribution >= 0.6 is 0 Å². The Balaban J connectivity index is 1.64. The summed E-state index contributed by atoms with van der Waals surface area (Å²) < 4.78 is 16.7. The lowest BCUT2D eigenvalue weighted by Gasteiger charge is -2.39. The van der Waals surface area contributed by atoms with Crippen LogP contribution in [0.15, 0.2) is 52.9 Å². The summed E-state index contributed by atoms with van der Waals surface area (Å²) in [4.78, 5) is 0. The average molecular weight is 417 g/mol. The Morgan fingerprint density at radius 2 is 1.67 bits per heavy atom. The zero-order valence-electron chi connectivity index (χ0n) is 15.6. The van der Waals surface area contributed by atoms with E-state index >= 15 is 0 Å². The number of phenols is 2. The molecule has 0 amide bonds. The van der Waals surface area contributed by atoms with Gasteiger partial charge in [-0.25, -0.2) is 4.42 Å². The Labute approximate surface area is 170 Å². The average Bonchev–Trinajstić information content (AvgIpc) is 2.75. The van der Waals surface area contributed by atoms with E-state index in [1.807, 2.05) is 0 Å². The number of fused-ring (bicyclic) bond motifs is 1. The maximum Gasteiger partial charge on any atom is 0.364 e. The fraction of sp³-hybridized carbons (Fsp3) is 0.286. The molecule has 2 aromatic carbocycles. The van der Waals surface area contributed by atoms with Crippen molar-refractivity contribution in [1.29, 1.82) is 0 Å². The maximum atomic E-state index is 10.2. The Morgan fingerprint density at radius 3 is 2.43 bits per heavy atom. The fourth-order valence-electron chi connectivity index (χ4n) is 3.27. The minimum absolute atomic E-state index is 0.0562. The van der Waals surface area contributed by atoms with Crippen LogP contribution in [0, 0.1) is 0 Å². The third-order valence-electron chi connectivity index (χ3n) is 4.97. The molecule has 0 radical (unpaired) electrons. The minimum atomic E-state index is -1.61. The molecule has 9 nitrogen and oxygen atoms in total. The van der Waals surface area contributed by atoms with Gasteiger partial charge in [0.1, 0.15) is 30.2 Å². The topological polar surface area (TPSA) is 151 Å². The number of hydrogen-bond donors (Lipinski definition) is 6. The third-order valence-corrected chi connectivity index (χ3v) is 4.97. The quantitative estimate of drug-likeness (QED) is 0.341. The molecule has 1 saturated heterocycles. The molecular formula is C21H21O9+. The van der Waals surface area contributed by atoms with Crippen LogP contribution < -0.4 is 4.74 Å². The van der Waals surface area contributed by atoms with Gasteiger partial charge in [0.05, 0.1) is 23.6 Å². The van der Waals surface area contributed by atoms with E-state index in [1.54, 1.807) is 30.3 Å². The van der Waals surface area contributed by atoms with E-state index in [0.717, 1.165) is 5.39 Å². The summed E-state index contributed by atoms with van der Waals surface area (Å²) in [5.41, 5.74) is 0.981. The van der Waals surface area contributed by atoms with Gasteiger partial charge in [-0.2, -0.15) is 0 Å². The molecule has 4 rings (SSSR count). The van der Waals surface area contributed by atoms with E-state index < -0.39 is 37.3 Å². The van der Waals surface area contributed by atoms with Gasteiger partial charge in [-0.3, -0.25) is 0 Å². The van der Waals surface area contributed by atoms with Gasteiger partial charge >= 0.3 is 11.3 Å². The van der Waals surface area contributed by atoms with Gasteiger partial charge in [-0.05, 0) is 30.3 Å². The summed E-state index contributed by atoms with van der Waals surface area (Å²) in [7, 11) is 0. The smallest absolute Gasteiger partial charge is 0.364 e. The molecule has 6 N–H and O–H groups in total. The van der Waals surface area contributed by atoms with Crippen LogP contribution in [0.5, 0.6) is 17.2 Å². The number of benzene rings is 2. The van der Waals surface area contributed by atoms with Gasteiger partial charge in [0.2, 0.25) is 6.29 Å². The molecule has 9 heteroatoms. The number of ether oxygens (including phenoxy) is 2. The number of aliphatic hydroxyl groups excluding tert-OH is 4. The van der Waals surface area contributed by atoms with Crippen molar-refractivity contribution in [1.82, 2.24) is 0 Å². The SMILES string of the molecule is OC[C@H]1O[C@@H](Oc2cc(-c3ccc4ccc(O)cc4[o+]3)ccc2O)[C@H](O)[C@@H](O)[C@@H]1O. The van der Waals surface area contributed by atoms with Crippen LogP contribution in [-0.2, 0) is 4.74 Å². The van der Waals surface area contributed by atoms with Crippen molar-refractivity contribution >= 4 is 11.0 Å². The molecule has 0 spiro atoms. The van der Waals surface area contributed by atoms with Crippen LogP contribution in [0.4, 0.5) is 0 Å². The number of aliphatic hydroxyl groups is 4. The third kappa shape index (κ3) is 3.76. The summed E-state index contributed by atoms with van der Waals surface area (Å²) in [6, 6.07) is 12.6. The number of rotatable bonds is 4. The van der Waals surface area contributed by atoms with Gasteiger partial charge in [0, 0.05) is 12.1 Å². The predicted molar refractivity (Wildman–Crippen MR) is 104 cm³/mol. The van der Waals surface area contributed by atoms with E-state index in [-0.39, 0.29) is 17.2 Å². The zero-order valence-corrected chi connectivity index (χ0v) is 15.6. The lowest BCUT2D eigenvalue weighted by atomic mass is 9.99. The van der Waals surface area contributed by atoms with Crippen molar-refractivity contribution in [2.45, 2.75) is 30.7 Å². The molecule has 0 saturated carbocycles. The molecule has 0 unspecified atom stereocenters. The van der Waals surface area contributed by atoms with Gasteiger partial charge in [0.25, 0.3) is 0 Å². The zero-order chi connectivity index (χ0) is 21.4. The molecule has 1 aliphatic heterocycles. The highest BCUT2D eigenvalue weighted by atomic mass is 16.7. The van der Waals surface area contributed by atoms with Crippen LogP contribution in [0.3, 0.4) is 0 Å². The van der Waals surface area contributed by atoms with Gasteiger partial charge < -0.3 is 40.1 Å². The Morgan fingerprint density at radius 1 is 0.900 bits per heavy atom. The molecular weight excluding hydrogens is 396 g/mol. The first-order valence-corrected chi connectivity index (χ1v) is 9.24. The fourth-order valence-corrected chi connectivity index (χ4v) is 3.27. The van der Waals surface area contributed by atoms with Gasteiger partial charge in [0.15, 0.2) is 11.5 Å². The normalized spacial score (nSPS) is 26.6. The van der Waals surface area contributed by atoms with Gasteiger partial charge in [-0.1, -0.05) is 0 Å². The van der Waals surface area contributed by atoms with E-state index in [4.69, 9.17) is 13.9 Å². The van der Waals surface area contributed by atoms with Crippen LogP contribution in [0.2, 0.25) is 0 Å². The van der Waals surface area contributed by atoms with Crippen molar-refractivity contribution in [3.63, 3.8) is 0 Å². The van der Waals surface area contributed by atoms with E-state index in [9.17, 15) is 30.6 Å². The van der Waals surface area contributed by atoms with E-state index in [1.165, 1.54) is 18.2 Å². The largest absolute Gasteiger partial charge is 0.508 e. The van der Waals surface area contributed by atoms with Crippen LogP contribution in [-0.4, -0.2) is 68.0 Å². The molecule has 0 bridgehead atoms. The molecule has 1 aliphatic rings. The molecule has 0 aliphatic carbocycles. The summed E-state index contributed by atoms with van der Waals surface area (Å²) in [5.74, 6) is 0.157. The second kappa shape index (κ2) is 8.05. The standard InChI is InChI=1S/C21H20O9/c22-9-17-18(25)19(26)20(27)21(30-17)29-16-7-11(2-5-13(16)24)14-6-3-10-1-4-12(23)8-15(10)28-14/h1-8,17-22,25-27H,9H2,(H-,23,24)/p+1/t17-,18-,19+,20-,21-/m1/s1. The van der Waals surface area contributed by atoms with Crippen molar-refractivity contribution in [2.24, 2.45) is 0 Å². The first-order chi connectivity index (χ1) is 14.4. The van der Waals surface area contributed by atoms with Gasteiger partial charge in [-0.15, -0.1) is 0 Å². The molecule has 5 atom stereocenters. The summed E-state index contributed by atoms with van der Waals surface area (Å²) >= 11 is 0. The first kappa shape index (κ1) is 20.3. The van der Waals surface area contributed by atoms with Crippen molar-refractivity contribution < 1.29 is 44.5 Å². The second-order valence-electron chi connectivity index (χ2n) is 7.02. The first-order valence-electron chi connectivity index (χ1n) is 9.24. The summed E-state index contributed by atoms with van der Waals surface area (Å²) in [6.45, 7) is -0.598. The predicted octanol–water partition coefficient (Wildman–Crippen LogP) is 0.971. The summed E-state index contributed by atoms with van der Waals surface area (Å²) in [6.07, 6.45) is -7.31. The number of aromatic hydroxyl groups is 2. The van der Waals surface area contributed by atoms with Crippen molar-refractivity contribution in [3.05, 3.63) is 48.5 Å². The van der Waals surface area contributed by atoms with Crippen molar-refractivity contribution in [3.8, 4) is 28.6 Å². The van der Waals surface area contributed by atoms with Crippen LogP contribution in [0.1, 0.15) is 0 Å². The van der Waals surface area contributed by atoms with Crippen LogP contribution in [0.25, 0.3) is 22.3 Å². The Hall–Kier alpha value is -2.95. The molecule has 1 aromatic heterocycles. The lowest BCUT2D eigenvalue weighted by molar-refractivity contribution is -0.277. The number of phenolic OH excluding ortho intramolecular Hbond substituents is 2. The molecule has 2 heterocycles. The maximum absolute atomic E-state index is 10.2. The lowest BCUT2D eigenvalue weighted by Crippen LogP contribution is -2.60. The molecule has 158 valence electrons. The molecule has 30 heavy (non-hydrogen) atoms. The highest BCUT2D eigenvalue weighted by Crippen LogP contribution is 2.35. The monoisotopic (exact) mass is 417 g/mol. The highest BCUT2D eigenvalue weighted by molar-refractivity contribution is 5.80. The minimum Gasteiger partial charge on any atom is -0.508 e. The highest BCUT2D eigenvalue weighted by Gasteiger charge is 2.45.